The molecule has 0 fully saturated rings. The molecule has 0 aliphatic heterocycles. The molecule has 1 unspecified atom stereocenters. The zero-order valence-corrected chi connectivity index (χ0v) is 20.0. The number of hydrogen-bond acceptors (Lipinski definition) is 5. The zero-order valence-electron chi connectivity index (χ0n) is 19.2. The number of thiocarbonyl (C=S) groups is 1. The van der Waals surface area contributed by atoms with Gasteiger partial charge in [-0.3, -0.25) is 25.8 Å². The lowest BCUT2D eigenvalue weighted by Gasteiger charge is -2.15. The molecular formula is C24H31N3O4S. The van der Waals surface area contributed by atoms with Gasteiger partial charge in [-0.05, 0) is 73.8 Å². The van der Waals surface area contributed by atoms with Crippen LogP contribution in [-0.2, 0) is 4.79 Å². The van der Waals surface area contributed by atoms with Crippen LogP contribution in [-0.4, -0.2) is 29.6 Å². The topological polar surface area (TPSA) is 88.7 Å². The van der Waals surface area contributed by atoms with Gasteiger partial charge in [0.15, 0.2) is 11.7 Å². The lowest BCUT2D eigenvalue weighted by Crippen LogP contribution is -2.49. The van der Waals surface area contributed by atoms with Gasteiger partial charge in [-0.1, -0.05) is 39.0 Å². The minimum Gasteiger partial charge on any atom is -0.491 e. The Bertz CT molecular complexity index is 962. The number of hydrazine groups is 1. The molecular weight excluding hydrogens is 426 g/mol. The lowest BCUT2D eigenvalue weighted by molar-refractivity contribution is -0.123. The summed E-state index contributed by atoms with van der Waals surface area (Å²) in [5.41, 5.74) is 7.40. The summed E-state index contributed by atoms with van der Waals surface area (Å²) in [4.78, 5) is 24.6. The first-order valence-electron chi connectivity index (χ1n) is 10.6. The maximum atomic E-state index is 12.4. The van der Waals surface area contributed by atoms with Crippen molar-refractivity contribution < 1.29 is 19.1 Å². The molecule has 172 valence electrons. The van der Waals surface area contributed by atoms with Crippen LogP contribution in [0, 0.1) is 6.92 Å². The minimum absolute atomic E-state index is 0.0324. The number of benzene rings is 2. The van der Waals surface area contributed by atoms with Crippen LogP contribution in [0.5, 0.6) is 11.5 Å². The van der Waals surface area contributed by atoms with Gasteiger partial charge in [0.2, 0.25) is 0 Å². The molecule has 2 aromatic carbocycles. The maximum absolute atomic E-state index is 12.4. The van der Waals surface area contributed by atoms with E-state index in [2.05, 4.69) is 30.0 Å². The number of amides is 2. The van der Waals surface area contributed by atoms with Crippen molar-refractivity contribution in [3.8, 4) is 11.5 Å². The Morgan fingerprint density at radius 1 is 1.06 bits per heavy atom. The summed E-state index contributed by atoms with van der Waals surface area (Å²) in [5, 5.41) is 2.49. The number of nitrogens with one attached hydrogen (secondary N) is 3. The van der Waals surface area contributed by atoms with Crippen molar-refractivity contribution >= 4 is 29.1 Å². The second kappa shape index (κ2) is 12.0. The quantitative estimate of drug-likeness (QED) is 0.410. The number of rotatable bonds is 8. The first kappa shape index (κ1) is 25.1. The average molecular weight is 458 g/mol. The van der Waals surface area contributed by atoms with Crippen molar-refractivity contribution in [2.45, 2.75) is 53.1 Å². The van der Waals surface area contributed by atoms with E-state index in [1.807, 2.05) is 39.0 Å². The fourth-order valence-electron chi connectivity index (χ4n) is 2.78. The van der Waals surface area contributed by atoms with Crippen molar-refractivity contribution in [1.82, 2.24) is 16.2 Å². The highest BCUT2D eigenvalue weighted by molar-refractivity contribution is 7.80. The summed E-state index contributed by atoms with van der Waals surface area (Å²) >= 11 is 5.09. The molecule has 2 amide bonds. The van der Waals surface area contributed by atoms with E-state index >= 15 is 0 Å². The smallest absolute Gasteiger partial charge is 0.276 e. The molecule has 0 spiro atoms. The molecule has 0 heterocycles. The summed E-state index contributed by atoms with van der Waals surface area (Å²) in [6, 6.07) is 12.7. The predicted molar refractivity (Wildman–Crippen MR) is 129 cm³/mol. The van der Waals surface area contributed by atoms with Crippen LogP contribution < -0.4 is 25.6 Å². The third kappa shape index (κ3) is 7.85. The molecule has 0 saturated carbocycles. The van der Waals surface area contributed by atoms with Gasteiger partial charge in [0.1, 0.15) is 11.5 Å². The van der Waals surface area contributed by atoms with Gasteiger partial charge in [-0.15, -0.1) is 0 Å². The Balaban J connectivity index is 1.83. The maximum Gasteiger partial charge on any atom is 0.276 e. The molecule has 0 aliphatic carbocycles. The van der Waals surface area contributed by atoms with Gasteiger partial charge >= 0.3 is 0 Å². The number of ether oxygens (including phenoxy) is 2. The number of carbonyl (C=O) groups is 2. The molecule has 0 aromatic heterocycles. The summed E-state index contributed by atoms with van der Waals surface area (Å²) in [5.74, 6) is 0.702. The van der Waals surface area contributed by atoms with Crippen LogP contribution in [0.2, 0.25) is 0 Å². The van der Waals surface area contributed by atoms with E-state index in [4.69, 9.17) is 21.7 Å². The SMILES string of the molecule is CCC(C)Oc1cccc(C(=O)NC(=S)NNC(=O)COc2cc(C)ccc2C(C)C)c1. The molecule has 3 N–H and O–H groups in total. The summed E-state index contributed by atoms with van der Waals surface area (Å²) < 4.78 is 11.4. The van der Waals surface area contributed by atoms with Gasteiger partial charge in [-0.2, -0.15) is 0 Å². The lowest BCUT2D eigenvalue weighted by atomic mass is 10.0. The highest BCUT2D eigenvalue weighted by Gasteiger charge is 2.12. The third-order valence-corrected chi connectivity index (χ3v) is 4.90. The summed E-state index contributed by atoms with van der Waals surface area (Å²) in [6.07, 6.45) is 0.904. The monoisotopic (exact) mass is 457 g/mol. The van der Waals surface area contributed by atoms with Crippen LogP contribution >= 0.6 is 12.2 Å². The zero-order chi connectivity index (χ0) is 23.7. The van der Waals surface area contributed by atoms with Crippen molar-refractivity contribution in [1.29, 1.82) is 0 Å². The van der Waals surface area contributed by atoms with Crippen LogP contribution in [0.25, 0.3) is 0 Å². The molecule has 2 rings (SSSR count). The second-order valence-electron chi connectivity index (χ2n) is 7.81. The fourth-order valence-corrected chi connectivity index (χ4v) is 2.93. The van der Waals surface area contributed by atoms with Crippen molar-refractivity contribution in [3.63, 3.8) is 0 Å². The highest BCUT2D eigenvalue weighted by Crippen LogP contribution is 2.27. The molecule has 0 saturated heterocycles. The van der Waals surface area contributed by atoms with Gasteiger partial charge in [0, 0.05) is 5.56 Å². The molecule has 32 heavy (non-hydrogen) atoms. The molecule has 1 atom stereocenters. The van der Waals surface area contributed by atoms with E-state index in [-0.39, 0.29) is 23.7 Å². The van der Waals surface area contributed by atoms with Gasteiger partial charge in [0.05, 0.1) is 6.10 Å². The highest BCUT2D eigenvalue weighted by atomic mass is 32.1. The minimum atomic E-state index is -0.429. The van der Waals surface area contributed by atoms with E-state index in [1.54, 1.807) is 24.3 Å². The van der Waals surface area contributed by atoms with Gasteiger partial charge in [-0.25, -0.2) is 0 Å². The van der Waals surface area contributed by atoms with Gasteiger partial charge in [0.25, 0.3) is 11.8 Å². The van der Waals surface area contributed by atoms with Crippen LogP contribution in [0.1, 0.15) is 61.5 Å². The molecule has 2 aromatic rings. The summed E-state index contributed by atoms with van der Waals surface area (Å²) in [7, 11) is 0. The third-order valence-electron chi connectivity index (χ3n) is 4.70. The fraction of sp³-hybridized carbons (Fsp3) is 0.375. The molecule has 0 radical (unpaired) electrons. The average Bonchev–Trinajstić information content (AvgIpc) is 2.76. The Hall–Kier alpha value is -3.13. The van der Waals surface area contributed by atoms with E-state index in [1.165, 1.54) is 0 Å². The number of carbonyl (C=O) groups excluding carboxylic acids is 2. The normalized spacial score (nSPS) is 11.4. The number of aryl methyl sites for hydroxylation is 1. The van der Waals surface area contributed by atoms with Crippen molar-refractivity contribution in [2.75, 3.05) is 6.61 Å². The molecule has 0 aliphatic rings. The number of hydrogen-bond donors (Lipinski definition) is 3. The Morgan fingerprint density at radius 3 is 2.50 bits per heavy atom. The molecule has 7 nitrogen and oxygen atoms in total. The molecule has 0 bridgehead atoms. The van der Waals surface area contributed by atoms with Crippen LogP contribution in [0.4, 0.5) is 0 Å². The van der Waals surface area contributed by atoms with E-state index in [9.17, 15) is 9.59 Å². The van der Waals surface area contributed by atoms with E-state index < -0.39 is 11.8 Å². The second-order valence-corrected chi connectivity index (χ2v) is 8.21. The first-order chi connectivity index (χ1) is 15.2. The van der Waals surface area contributed by atoms with Crippen LogP contribution in [0.3, 0.4) is 0 Å². The van der Waals surface area contributed by atoms with E-state index in [0.717, 1.165) is 17.5 Å². The largest absolute Gasteiger partial charge is 0.491 e. The Labute approximate surface area is 194 Å². The van der Waals surface area contributed by atoms with E-state index in [0.29, 0.717) is 17.1 Å². The van der Waals surface area contributed by atoms with Crippen molar-refractivity contribution in [2.24, 2.45) is 0 Å². The predicted octanol–water partition coefficient (Wildman–Crippen LogP) is 4.01. The standard InChI is InChI=1S/C24H31N3O4S/c1-6-17(5)31-19-9-7-8-18(13-19)23(29)25-24(32)27-26-22(28)14-30-21-12-16(4)10-11-20(21)15(2)3/h7-13,15,17H,6,14H2,1-5H3,(H,26,28)(H2,25,27,29,32). The Kier molecular flexibility index (Phi) is 9.46. The Morgan fingerprint density at radius 2 is 1.81 bits per heavy atom. The summed E-state index contributed by atoms with van der Waals surface area (Å²) in [6.45, 7) is 9.88. The first-order valence-corrected chi connectivity index (χ1v) is 11.0. The van der Waals surface area contributed by atoms with Gasteiger partial charge < -0.3 is 9.47 Å². The van der Waals surface area contributed by atoms with Crippen LogP contribution in [0.15, 0.2) is 42.5 Å². The van der Waals surface area contributed by atoms with Crippen molar-refractivity contribution in [3.05, 3.63) is 59.2 Å². The molecule has 8 heteroatoms.